The second-order valence-corrected chi connectivity index (χ2v) is 14.4. The van der Waals surface area contributed by atoms with E-state index in [1.807, 2.05) is 0 Å². The van der Waals surface area contributed by atoms with Crippen LogP contribution in [0, 0.1) is 32.5 Å². The molecule has 228 valence electrons. The molecule has 4 aliphatic rings. The van der Waals surface area contributed by atoms with Gasteiger partial charge in [-0.3, -0.25) is 9.59 Å². The molecule has 0 spiro atoms. The molecule has 5 rings (SSSR count). The summed E-state index contributed by atoms with van der Waals surface area (Å²) in [5.41, 5.74) is 0.311. The topological polar surface area (TPSA) is 135 Å². The van der Waals surface area contributed by atoms with Gasteiger partial charge in [-0.25, -0.2) is 4.79 Å². The van der Waals surface area contributed by atoms with Crippen LogP contribution >= 0.6 is 11.8 Å². The molecular formula is C31H42N4O6S. The lowest BCUT2D eigenvalue weighted by atomic mass is 9.70. The van der Waals surface area contributed by atoms with Gasteiger partial charge in [0.15, 0.2) is 0 Å². The van der Waals surface area contributed by atoms with Crippen LogP contribution in [-0.4, -0.2) is 58.9 Å². The van der Waals surface area contributed by atoms with Gasteiger partial charge >= 0.3 is 5.97 Å². The van der Waals surface area contributed by atoms with Gasteiger partial charge in [-0.2, -0.15) is 11.8 Å². The largest absolute Gasteiger partial charge is 0.460 e. The van der Waals surface area contributed by atoms with Gasteiger partial charge in [-0.05, 0) is 77.4 Å². The van der Waals surface area contributed by atoms with Crippen LogP contribution in [0.4, 0.5) is 11.4 Å². The van der Waals surface area contributed by atoms with Crippen LogP contribution in [-0.2, 0) is 25.5 Å². The number of benzene rings is 1. The summed E-state index contributed by atoms with van der Waals surface area (Å²) < 4.78 is 6.23. The molecule has 3 saturated carbocycles. The average molecular weight is 599 g/mol. The number of hydrogen-bond acceptors (Lipinski definition) is 9. The molecule has 2 amide bonds. The summed E-state index contributed by atoms with van der Waals surface area (Å²) in [5, 5.41) is 8.61. The Kier molecular flexibility index (Phi) is 9.06. The lowest BCUT2D eigenvalue weighted by Crippen LogP contribution is -2.59. The molecule has 1 N–H and O–H groups in total. The fourth-order valence-corrected chi connectivity index (χ4v) is 8.89. The lowest BCUT2D eigenvalue weighted by Gasteiger charge is -2.41. The van der Waals surface area contributed by atoms with Gasteiger partial charge in [0.1, 0.15) is 29.6 Å². The molecule has 1 aromatic rings. The van der Waals surface area contributed by atoms with Crippen LogP contribution < -0.4 is 5.32 Å². The Morgan fingerprint density at radius 2 is 1.81 bits per heavy atom. The van der Waals surface area contributed by atoms with E-state index in [1.54, 1.807) is 22.7 Å². The van der Waals surface area contributed by atoms with Gasteiger partial charge < -0.3 is 15.0 Å². The Labute approximate surface area is 251 Å². The Morgan fingerprint density at radius 1 is 1.07 bits per heavy atom. The molecule has 5 atom stereocenters. The first-order valence-electron chi connectivity index (χ1n) is 15.3. The number of nitroso groups, excluding NO2 is 2. The monoisotopic (exact) mass is 598 g/mol. The fourth-order valence-electron chi connectivity index (χ4n) is 7.86. The molecule has 10 nitrogen and oxygen atoms in total. The summed E-state index contributed by atoms with van der Waals surface area (Å²) in [6.45, 7) is 7.23. The molecule has 0 radical (unpaired) electrons. The summed E-state index contributed by atoms with van der Waals surface area (Å²) >= 11 is 1.65. The molecule has 0 aromatic heterocycles. The van der Waals surface area contributed by atoms with E-state index in [-0.39, 0.29) is 58.4 Å². The van der Waals surface area contributed by atoms with Gasteiger partial charge in [-0.15, -0.1) is 9.81 Å². The van der Waals surface area contributed by atoms with Gasteiger partial charge in [0.25, 0.3) is 0 Å². The quantitative estimate of drug-likeness (QED) is 0.281. The second-order valence-electron chi connectivity index (χ2n) is 13.3. The molecule has 3 aliphatic carbocycles. The summed E-state index contributed by atoms with van der Waals surface area (Å²) in [4.78, 5) is 64.8. The van der Waals surface area contributed by atoms with Crippen LogP contribution in [0.15, 0.2) is 28.6 Å². The number of carbonyl (C=O) groups is 3. The molecule has 42 heavy (non-hydrogen) atoms. The Hall–Kier alpha value is -2.82. The number of hydrogen-bond donors (Lipinski definition) is 1. The molecule has 2 bridgehead atoms. The summed E-state index contributed by atoms with van der Waals surface area (Å²) in [6, 6.07) is 2.83. The van der Waals surface area contributed by atoms with E-state index in [9.17, 15) is 24.2 Å². The van der Waals surface area contributed by atoms with E-state index in [0.29, 0.717) is 23.8 Å². The van der Waals surface area contributed by atoms with Crippen LogP contribution in [0.25, 0.3) is 0 Å². The number of ether oxygens (including phenoxy) is 1. The predicted molar refractivity (Wildman–Crippen MR) is 161 cm³/mol. The first-order valence-corrected chi connectivity index (χ1v) is 16.4. The number of fused-ring (bicyclic) bond motifs is 2. The van der Waals surface area contributed by atoms with E-state index >= 15 is 0 Å². The van der Waals surface area contributed by atoms with E-state index < -0.39 is 12.1 Å². The van der Waals surface area contributed by atoms with Crippen molar-refractivity contribution >= 4 is 40.9 Å². The minimum absolute atomic E-state index is 0.0273. The Balaban J connectivity index is 1.31. The van der Waals surface area contributed by atoms with E-state index in [1.165, 1.54) is 12.1 Å². The lowest BCUT2D eigenvalue weighted by molar-refractivity contribution is -0.166. The smallest absolute Gasteiger partial charge is 0.330 e. The predicted octanol–water partition coefficient (Wildman–Crippen LogP) is 5.79. The summed E-state index contributed by atoms with van der Waals surface area (Å²) in [7, 11) is 0. The fraction of sp³-hybridized carbons (Fsp3) is 0.710. The maximum atomic E-state index is 14.2. The van der Waals surface area contributed by atoms with Crippen molar-refractivity contribution in [3.05, 3.63) is 33.6 Å². The maximum Gasteiger partial charge on any atom is 0.330 e. The minimum atomic E-state index is -0.755. The van der Waals surface area contributed by atoms with Crippen molar-refractivity contribution in [3.8, 4) is 0 Å². The van der Waals surface area contributed by atoms with Crippen LogP contribution in [0.2, 0.25) is 0 Å². The third-order valence-electron chi connectivity index (χ3n) is 11.0. The number of thioether (sulfide) groups is 1. The first-order chi connectivity index (χ1) is 20.1. The van der Waals surface area contributed by atoms with Crippen molar-refractivity contribution in [1.82, 2.24) is 10.2 Å². The van der Waals surface area contributed by atoms with E-state index in [0.717, 1.165) is 57.1 Å². The van der Waals surface area contributed by atoms with Gasteiger partial charge in [0, 0.05) is 23.5 Å². The van der Waals surface area contributed by atoms with Gasteiger partial charge in [0.05, 0.1) is 6.42 Å². The van der Waals surface area contributed by atoms with Gasteiger partial charge in [-0.1, -0.05) is 46.1 Å². The number of rotatable bonds is 9. The third-order valence-corrected chi connectivity index (χ3v) is 12.0. The molecule has 5 unspecified atom stereocenters. The van der Waals surface area contributed by atoms with Crippen LogP contribution in [0.3, 0.4) is 0 Å². The highest BCUT2D eigenvalue weighted by atomic mass is 32.2. The first kappa shape index (κ1) is 30.6. The van der Waals surface area contributed by atoms with Crippen molar-refractivity contribution in [2.75, 3.05) is 18.1 Å². The summed E-state index contributed by atoms with van der Waals surface area (Å²) in [5.74, 6) is 0.768. The van der Waals surface area contributed by atoms with Crippen molar-refractivity contribution in [2.45, 2.75) is 96.7 Å². The molecule has 4 fully saturated rings. The normalized spacial score (nSPS) is 29.5. The minimum Gasteiger partial charge on any atom is -0.460 e. The average Bonchev–Trinajstić information content (AvgIpc) is 3.33. The SMILES string of the molecule is CC1(C)C2CCC1(C)C(OC(=O)C1CSCCN1C(=O)C(NC(=O)Cc1ccc(N=O)c(N=O)c1)C1CCCCC1)C2. The second kappa shape index (κ2) is 12.4. The van der Waals surface area contributed by atoms with Crippen molar-refractivity contribution in [2.24, 2.45) is 33.0 Å². The molecule has 1 aliphatic heterocycles. The van der Waals surface area contributed by atoms with E-state index in [2.05, 4.69) is 36.4 Å². The van der Waals surface area contributed by atoms with Crippen molar-refractivity contribution in [1.29, 1.82) is 0 Å². The van der Waals surface area contributed by atoms with Crippen LogP contribution in [0.1, 0.15) is 77.7 Å². The molecule has 1 saturated heterocycles. The van der Waals surface area contributed by atoms with Crippen molar-refractivity contribution in [3.63, 3.8) is 0 Å². The highest BCUT2D eigenvalue weighted by molar-refractivity contribution is 7.99. The zero-order valence-electron chi connectivity index (χ0n) is 24.8. The molecule has 11 heteroatoms. The highest BCUT2D eigenvalue weighted by Crippen LogP contribution is 2.66. The van der Waals surface area contributed by atoms with E-state index in [4.69, 9.17) is 4.74 Å². The molecular weight excluding hydrogens is 556 g/mol. The molecule has 1 aromatic carbocycles. The number of nitrogens with zero attached hydrogens (tertiary/aromatic N) is 3. The van der Waals surface area contributed by atoms with Crippen LogP contribution in [0.5, 0.6) is 0 Å². The maximum absolute atomic E-state index is 14.2. The van der Waals surface area contributed by atoms with Gasteiger partial charge in [0.2, 0.25) is 11.8 Å². The number of amides is 2. The zero-order valence-corrected chi connectivity index (χ0v) is 25.6. The number of carbonyl (C=O) groups excluding carboxylic acids is 3. The Bertz CT molecular complexity index is 1230. The Morgan fingerprint density at radius 3 is 2.45 bits per heavy atom. The number of esters is 1. The summed E-state index contributed by atoms with van der Waals surface area (Å²) in [6.07, 6.45) is 7.54. The standard InChI is InChI=1S/C31H42N4O6S/c1-30(2)21-11-12-31(30,3)25(17-21)41-29(38)24-18-42-14-13-35(24)28(37)27(20-7-5-4-6-8-20)32-26(36)16-19-9-10-22(33-39)23(15-19)34-40/h9-10,15,20-21,24-25,27H,4-8,11-14,16-18H2,1-3H3,(H,32,36). The zero-order chi connectivity index (χ0) is 30.1. The van der Waals surface area contributed by atoms with Crippen molar-refractivity contribution < 1.29 is 19.1 Å². The third kappa shape index (κ3) is 5.73. The molecule has 1 heterocycles. The number of nitrogens with one attached hydrogen (secondary N) is 1. The highest BCUT2D eigenvalue weighted by Gasteiger charge is 2.63.